The maximum absolute atomic E-state index is 12.9. The summed E-state index contributed by atoms with van der Waals surface area (Å²) >= 11 is 0. The monoisotopic (exact) mass is 355 g/mol. The van der Waals surface area contributed by atoms with Crippen molar-refractivity contribution in [2.75, 3.05) is 13.7 Å². The molecule has 26 heavy (non-hydrogen) atoms. The number of amides is 1. The van der Waals surface area contributed by atoms with Crippen LogP contribution in [-0.2, 0) is 4.79 Å². The molecule has 1 aliphatic rings. The number of hydrogen-bond acceptors (Lipinski definition) is 4. The van der Waals surface area contributed by atoms with Crippen LogP contribution in [0.3, 0.4) is 0 Å². The van der Waals surface area contributed by atoms with Crippen molar-refractivity contribution in [3.8, 4) is 17.0 Å². The Morgan fingerprint density at radius 2 is 1.92 bits per heavy atom. The van der Waals surface area contributed by atoms with E-state index in [2.05, 4.69) is 12.0 Å². The molecule has 1 saturated heterocycles. The fourth-order valence-electron chi connectivity index (χ4n) is 3.39. The van der Waals surface area contributed by atoms with Gasteiger partial charge in [0.25, 0.3) is 5.56 Å². The fourth-order valence-corrected chi connectivity index (χ4v) is 3.39. The maximum atomic E-state index is 12.9. The summed E-state index contributed by atoms with van der Waals surface area (Å²) in [4.78, 5) is 27.1. The minimum absolute atomic E-state index is 0.0429. The number of benzene rings is 1. The van der Waals surface area contributed by atoms with E-state index in [1.807, 2.05) is 29.2 Å². The molecular formula is C20H25N3O3. The molecule has 138 valence electrons. The van der Waals surface area contributed by atoms with Crippen molar-refractivity contribution in [2.24, 2.45) is 0 Å². The standard InChI is InChI=1S/C20H25N3O3/c1-14-6-4-5-13-22(14)20(25)15(2)23-19(24)12-11-18(21-23)16-7-9-17(26-3)10-8-16/h7-12,14-15H,4-6,13H2,1-3H3. The van der Waals surface area contributed by atoms with Gasteiger partial charge in [-0.3, -0.25) is 9.59 Å². The highest BCUT2D eigenvalue weighted by molar-refractivity contribution is 5.80. The number of carbonyl (C=O) groups excluding carboxylic acids is 1. The van der Waals surface area contributed by atoms with E-state index in [1.165, 1.54) is 10.7 Å². The second-order valence-electron chi connectivity index (χ2n) is 6.78. The molecule has 2 unspecified atom stereocenters. The van der Waals surface area contributed by atoms with Gasteiger partial charge in [0.1, 0.15) is 11.8 Å². The number of likely N-dealkylation sites (tertiary alicyclic amines) is 1. The molecule has 1 aliphatic heterocycles. The Morgan fingerprint density at radius 1 is 1.19 bits per heavy atom. The summed E-state index contributed by atoms with van der Waals surface area (Å²) in [5, 5.41) is 4.45. The third kappa shape index (κ3) is 3.64. The van der Waals surface area contributed by atoms with Crippen LogP contribution in [0.15, 0.2) is 41.2 Å². The number of carbonyl (C=O) groups is 1. The molecular weight excluding hydrogens is 330 g/mol. The molecule has 1 aromatic heterocycles. The van der Waals surface area contributed by atoms with Crippen LogP contribution >= 0.6 is 0 Å². The molecule has 1 fully saturated rings. The van der Waals surface area contributed by atoms with Crippen molar-refractivity contribution in [1.29, 1.82) is 0 Å². The Kier molecular flexibility index (Phi) is 5.40. The van der Waals surface area contributed by atoms with Crippen LogP contribution < -0.4 is 10.3 Å². The zero-order valence-electron chi connectivity index (χ0n) is 15.5. The number of piperidine rings is 1. The number of aromatic nitrogens is 2. The Morgan fingerprint density at radius 3 is 2.58 bits per heavy atom. The van der Waals surface area contributed by atoms with Crippen LogP contribution in [0.4, 0.5) is 0 Å². The van der Waals surface area contributed by atoms with E-state index >= 15 is 0 Å². The fraction of sp³-hybridized carbons (Fsp3) is 0.450. The number of ether oxygens (including phenoxy) is 1. The van der Waals surface area contributed by atoms with E-state index in [4.69, 9.17) is 4.74 Å². The van der Waals surface area contributed by atoms with Crippen LogP contribution in [0, 0.1) is 0 Å². The average Bonchev–Trinajstić information content (AvgIpc) is 2.68. The molecule has 2 heterocycles. The van der Waals surface area contributed by atoms with Gasteiger partial charge in [-0.2, -0.15) is 5.10 Å². The van der Waals surface area contributed by atoms with Crippen molar-refractivity contribution in [3.63, 3.8) is 0 Å². The summed E-state index contributed by atoms with van der Waals surface area (Å²) in [6, 6.07) is 10.2. The number of hydrogen-bond donors (Lipinski definition) is 0. The Labute approximate surface area is 153 Å². The average molecular weight is 355 g/mol. The summed E-state index contributed by atoms with van der Waals surface area (Å²) in [6.07, 6.45) is 3.16. The minimum atomic E-state index is -0.624. The normalized spacial score (nSPS) is 18.4. The second kappa shape index (κ2) is 7.72. The van der Waals surface area contributed by atoms with Gasteiger partial charge in [0.2, 0.25) is 5.91 Å². The van der Waals surface area contributed by atoms with Crippen LogP contribution in [0.2, 0.25) is 0 Å². The summed E-state index contributed by atoms with van der Waals surface area (Å²) < 4.78 is 6.46. The number of rotatable bonds is 4. The lowest BCUT2D eigenvalue weighted by atomic mass is 10.0. The molecule has 0 saturated carbocycles. The lowest BCUT2D eigenvalue weighted by molar-refractivity contribution is -0.138. The molecule has 0 spiro atoms. The predicted octanol–water partition coefficient (Wildman–Crippen LogP) is 2.88. The van der Waals surface area contributed by atoms with Crippen molar-refractivity contribution >= 4 is 5.91 Å². The highest BCUT2D eigenvalue weighted by Gasteiger charge is 2.28. The number of nitrogens with zero attached hydrogens (tertiary/aromatic N) is 3. The van der Waals surface area contributed by atoms with E-state index in [1.54, 1.807) is 20.1 Å². The van der Waals surface area contributed by atoms with Crippen LogP contribution in [0.25, 0.3) is 11.3 Å². The molecule has 0 bridgehead atoms. The Bertz CT molecular complexity index is 829. The number of methoxy groups -OCH3 is 1. The van der Waals surface area contributed by atoms with Gasteiger partial charge in [-0.25, -0.2) is 4.68 Å². The van der Waals surface area contributed by atoms with Gasteiger partial charge in [0.15, 0.2) is 0 Å². The second-order valence-corrected chi connectivity index (χ2v) is 6.78. The van der Waals surface area contributed by atoms with Crippen LogP contribution in [-0.4, -0.2) is 40.3 Å². The highest BCUT2D eigenvalue weighted by atomic mass is 16.5. The smallest absolute Gasteiger partial charge is 0.267 e. The topological polar surface area (TPSA) is 64.4 Å². The van der Waals surface area contributed by atoms with Gasteiger partial charge in [-0.15, -0.1) is 0 Å². The van der Waals surface area contributed by atoms with Gasteiger partial charge in [0.05, 0.1) is 12.8 Å². The van der Waals surface area contributed by atoms with Gasteiger partial charge in [-0.05, 0) is 63.4 Å². The van der Waals surface area contributed by atoms with E-state index in [0.717, 1.165) is 37.1 Å². The first kappa shape index (κ1) is 18.2. The summed E-state index contributed by atoms with van der Waals surface area (Å²) in [5.41, 5.74) is 1.25. The molecule has 6 heteroatoms. The largest absolute Gasteiger partial charge is 0.497 e. The quantitative estimate of drug-likeness (QED) is 0.846. The van der Waals surface area contributed by atoms with E-state index < -0.39 is 6.04 Å². The first-order valence-electron chi connectivity index (χ1n) is 9.06. The third-order valence-corrected chi connectivity index (χ3v) is 5.02. The molecule has 1 amide bonds. The molecule has 6 nitrogen and oxygen atoms in total. The van der Waals surface area contributed by atoms with Crippen molar-refractivity contribution in [2.45, 2.75) is 45.2 Å². The zero-order chi connectivity index (χ0) is 18.7. The Balaban J connectivity index is 1.89. The third-order valence-electron chi connectivity index (χ3n) is 5.02. The summed E-state index contributed by atoms with van der Waals surface area (Å²) in [6.45, 7) is 4.56. The van der Waals surface area contributed by atoms with Gasteiger partial charge in [-0.1, -0.05) is 0 Å². The lowest BCUT2D eigenvalue weighted by Gasteiger charge is -2.35. The van der Waals surface area contributed by atoms with Crippen LogP contribution in [0.1, 0.15) is 39.2 Å². The molecule has 2 aromatic rings. The highest BCUT2D eigenvalue weighted by Crippen LogP contribution is 2.22. The molecule has 0 aliphatic carbocycles. The Hall–Kier alpha value is -2.63. The van der Waals surface area contributed by atoms with E-state index in [9.17, 15) is 9.59 Å². The van der Waals surface area contributed by atoms with Gasteiger partial charge >= 0.3 is 0 Å². The predicted molar refractivity (Wildman–Crippen MR) is 100 cm³/mol. The molecule has 0 N–H and O–H groups in total. The first-order chi connectivity index (χ1) is 12.5. The first-order valence-corrected chi connectivity index (χ1v) is 9.06. The molecule has 0 radical (unpaired) electrons. The summed E-state index contributed by atoms with van der Waals surface area (Å²) in [5.74, 6) is 0.711. The van der Waals surface area contributed by atoms with E-state index in [-0.39, 0.29) is 17.5 Å². The molecule has 3 rings (SSSR count). The van der Waals surface area contributed by atoms with Crippen LogP contribution in [0.5, 0.6) is 5.75 Å². The molecule has 2 atom stereocenters. The summed E-state index contributed by atoms with van der Waals surface area (Å²) in [7, 11) is 1.61. The maximum Gasteiger partial charge on any atom is 0.267 e. The minimum Gasteiger partial charge on any atom is -0.497 e. The molecule has 1 aromatic carbocycles. The van der Waals surface area contributed by atoms with Gasteiger partial charge < -0.3 is 9.64 Å². The SMILES string of the molecule is COc1ccc(-c2ccc(=O)n(C(C)C(=O)N3CCCCC3C)n2)cc1. The van der Waals surface area contributed by atoms with E-state index in [0.29, 0.717) is 5.69 Å². The van der Waals surface area contributed by atoms with Crippen molar-refractivity contribution in [3.05, 3.63) is 46.8 Å². The lowest BCUT2D eigenvalue weighted by Crippen LogP contribution is -2.46. The van der Waals surface area contributed by atoms with Gasteiger partial charge in [0, 0.05) is 24.2 Å². The van der Waals surface area contributed by atoms with Crippen molar-refractivity contribution in [1.82, 2.24) is 14.7 Å². The van der Waals surface area contributed by atoms with Crippen molar-refractivity contribution < 1.29 is 9.53 Å². The zero-order valence-corrected chi connectivity index (χ0v) is 15.5.